The number of unbranched alkanes of at least 4 members (excludes halogenated alkanes) is 1. The van der Waals surface area contributed by atoms with E-state index in [4.69, 9.17) is 14.5 Å². The van der Waals surface area contributed by atoms with Gasteiger partial charge in [0.2, 0.25) is 0 Å². The Balaban J connectivity index is 2.02. The lowest BCUT2D eigenvalue weighted by molar-refractivity contribution is -0.0521. The summed E-state index contributed by atoms with van der Waals surface area (Å²) in [4.78, 5) is 31.9. The molecule has 2 heterocycles. The topological polar surface area (TPSA) is 85.7 Å². The molecule has 0 spiro atoms. The number of hydrogen-bond acceptors (Lipinski definition) is 6. The van der Waals surface area contributed by atoms with Crippen LogP contribution in [-0.4, -0.2) is 52.5 Å². The standard InChI is InChI=1S/C26H32N4O4S/c1-6-7-13-33-23-19-17(25(31)29(3)4)14-18-21(27-15(2)30(18)5)22(19)28-20(24(23)34-26(32)35)16-11-9-8-10-12-16/h8-12,14,20,23-24,28H,6-7,13H2,1-5H3,(H,32,35)/t20-,23+,24-/m1/s1. The van der Waals surface area contributed by atoms with Crippen molar-refractivity contribution >= 4 is 40.6 Å². The SMILES string of the molecule is CCCCO[C@H]1c2c(C(=O)N(C)C)cc3c(nc(C)n3C)c2N[C@H](c2ccccc2)[C@H]1OC(=O)S. The van der Waals surface area contributed by atoms with Gasteiger partial charge in [0, 0.05) is 38.9 Å². The molecule has 0 fully saturated rings. The largest absolute Gasteiger partial charge is 0.449 e. The third-order valence-electron chi connectivity index (χ3n) is 6.48. The van der Waals surface area contributed by atoms with Crippen molar-refractivity contribution in [1.82, 2.24) is 14.5 Å². The fraction of sp³-hybridized carbons (Fsp3) is 0.423. The maximum Gasteiger partial charge on any atom is 0.364 e. The van der Waals surface area contributed by atoms with Crippen LogP contribution in [0.3, 0.4) is 0 Å². The molecule has 1 aromatic heterocycles. The van der Waals surface area contributed by atoms with E-state index in [0.717, 1.165) is 41.0 Å². The highest BCUT2D eigenvalue weighted by Gasteiger charge is 2.44. The second-order valence-electron chi connectivity index (χ2n) is 9.02. The average Bonchev–Trinajstić information content (AvgIpc) is 3.12. The minimum atomic E-state index is -0.747. The molecule has 0 saturated heterocycles. The molecule has 186 valence electrons. The number of amides is 1. The number of imidazole rings is 1. The van der Waals surface area contributed by atoms with Crippen LogP contribution in [0.1, 0.15) is 59.2 Å². The Hall–Kier alpha value is -3.04. The van der Waals surface area contributed by atoms with Crippen LogP contribution in [-0.2, 0) is 16.5 Å². The maximum absolute atomic E-state index is 13.4. The number of nitrogens with one attached hydrogen (secondary N) is 1. The van der Waals surface area contributed by atoms with Crippen molar-refractivity contribution in [1.29, 1.82) is 0 Å². The summed E-state index contributed by atoms with van der Waals surface area (Å²) in [6, 6.07) is 11.2. The zero-order valence-corrected chi connectivity index (χ0v) is 21.6. The van der Waals surface area contributed by atoms with E-state index in [1.54, 1.807) is 14.1 Å². The van der Waals surface area contributed by atoms with Gasteiger partial charge in [-0.15, -0.1) is 0 Å². The molecule has 8 nitrogen and oxygen atoms in total. The van der Waals surface area contributed by atoms with Crippen LogP contribution in [0.15, 0.2) is 36.4 Å². The highest BCUT2D eigenvalue weighted by Crippen LogP contribution is 2.47. The second-order valence-corrected chi connectivity index (χ2v) is 9.39. The summed E-state index contributed by atoms with van der Waals surface area (Å²) in [5.41, 5.74) is 4.36. The number of aromatic nitrogens is 2. The number of thiol groups is 1. The van der Waals surface area contributed by atoms with E-state index in [2.05, 4.69) is 24.9 Å². The molecule has 0 radical (unpaired) electrons. The monoisotopic (exact) mass is 496 g/mol. The summed E-state index contributed by atoms with van der Waals surface area (Å²) in [5.74, 6) is 0.657. The summed E-state index contributed by atoms with van der Waals surface area (Å²) in [6.45, 7) is 4.47. The van der Waals surface area contributed by atoms with Crippen LogP contribution in [0, 0.1) is 6.92 Å². The third kappa shape index (κ3) is 4.75. The fourth-order valence-corrected chi connectivity index (χ4v) is 4.72. The third-order valence-corrected chi connectivity index (χ3v) is 6.58. The van der Waals surface area contributed by atoms with Gasteiger partial charge in [0.1, 0.15) is 17.4 Å². The predicted molar refractivity (Wildman–Crippen MR) is 139 cm³/mol. The first kappa shape index (κ1) is 25.1. The van der Waals surface area contributed by atoms with E-state index in [-0.39, 0.29) is 5.91 Å². The normalized spacial score (nSPS) is 19.2. The van der Waals surface area contributed by atoms with E-state index in [9.17, 15) is 9.59 Å². The van der Waals surface area contributed by atoms with Gasteiger partial charge >= 0.3 is 5.30 Å². The Morgan fingerprint density at radius 2 is 1.94 bits per heavy atom. The van der Waals surface area contributed by atoms with Crippen LogP contribution in [0.2, 0.25) is 0 Å². The van der Waals surface area contributed by atoms with Crippen molar-refractivity contribution in [3.63, 3.8) is 0 Å². The number of carbonyl (C=O) groups is 2. The van der Waals surface area contributed by atoms with Crippen LogP contribution < -0.4 is 5.32 Å². The first-order valence-electron chi connectivity index (χ1n) is 11.8. The Morgan fingerprint density at radius 3 is 2.57 bits per heavy atom. The molecule has 0 saturated carbocycles. The van der Waals surface area contributed by atoms with Gasteiger partial charge in [-0.3, -0.25) is 4.79 Å². The molecule has 3 atom stereocenters. The quantitative estimate of drug-likeness (QED) is 0.271. The van der Waals surface area contributed by atoms with E-state index in [1.165, 1.54) is 4.90 Å². The fourth-order valence-electron chi connectivity index (χ4n) is 4.60. The first-order valence-corrected chi connectivity index (χ1v) is 12.2. The smallest absolute Gasteiger partial charge is 0.364 e. The first-order chi connectivity index (χ1) is 16.7. The van der Waals surface area contributed by atoms with Crippen LogP contribution in [0.4, 0.5) is 10.5 Å². The second kappa shape index (κ2) is 10.3. The maximum atomic E-state index is 13.4. The van der Waals surface area contributed by atoms with E-state index in [0.29, 0.717) is 17.7 Å². The number of benzene rings is 2. The van der Waals surface area contributed by atoms with Gasteiger partial charge in [0.15, 0.2) is 6.10 Å². The predicted octanol–water partition coefficient (Wildman–Crippen LogP) is 5.04. The van der Waals surface area contributed by atoms with Gasteiger partial charge in [-0.1, -0.05) is 56.3 Å². The van der Waals surface area contributed by atoms with Crippen molar-refractivity contribution in [2.24, 2.45) is 7.05 Å². The molecule has 0 unspecified atom stereocenters. The molecule has 1 aliphatic rings. The summed E-state index contributed by atoms with van der Waals surface area (Å²) in [7, 11) is 5.36. The molecule has 4 rings (SSSR count). The number of anilines is 1. The molecule has 1 N–H and O–H groups in total. The van der Waals surface area contributed by atoms with Crippen molar-refractivity contribution < 1.29 is 19.1 Å². The minimum Gasteiger partial charge on any atom is -0.449 e. The van der Waals surface area contributed by atoms with Gasteiger partial charge < -0.3 is 24.3 Å². The Bertz CT molecular complexity index is 1240. The van der Waals surface area contributed by atoms with Crippen molar-refractivity contribution in [2.75, 3.05) is 26.0 Å². The summed E-state index contributed by atoms with van der Waals surface area (Å²) < 4.78 is 14.2. The summed E-state index contributed by atoms with van der Waals surface area (Å²) in [6.07, 6.45) is 0.338. The molecule has 0 bridgehead atoms. The highest BCUT2D eigenvalue weighted by molar-refractivity contribution is 7.96. The molecular formula is C26H32N4O4S. The Morgan fingerprint density at radius 1 is 1.23 bits per heavy atom. The number of hydrogen-bond donors (Lipinski definition) is 2. The van der Waals surface area contributed by atoms with Crippen LogP contribution in [0.5, 0.6) is 0 Å². The van der Waals surface area contributed by atoms with E-state index < -0.39 is 23.6 Å². The lowest BCUT2D eigenvalue weighted by Crippen LogP contribution is -2.41. The molecule has 35 heavy (non-hydrogen) atoms. The number of rotatable bonds is 7. The van der Waals surface area contributed by atoms with Crippen molar-refractivity contribution in [3.8, 4) is 0 Å². The molecular weight excluding hydrogens is 464 g/mol. The van der Waals surface area contributed by atoms with Gasteiger partial charge in [0.25, 0.3) is 5.91 Å². The van der Waals surface area contributed by atoms with Gasteiger partial charge in [0.05, 0.1) is 17.2 Å². The van der Waals surface area contributed by atoms with Crippen LogP contribution >= 0.6 is 12.6 Å². The molecule has 0 aliphatic carbocycles. The number of ether oxygens (including phenoxy) is 2. The summed E-state index contributed by atoms with van der Waals surface area (Å²) in [5, 5.41) is 2.86. The van der Waals surface area contributed by atoms with Crippen molar-refractivity contribution in [3.05, 3.63) is 58.9 Å². The van der Waals surface area contributed by atoms with Gasteiger partial charge in [-0.05, 0) is 25.0 Å². The number of fused-ring (bicyclic) bond motifs is 3. The number of aryl methyl sites for hydroxylation is 2. The zero-order chi connectivity index (χ0) is 25.3. The van der Waals surface area contributed by atoms with Gasteiger partial charge in [-0.2, -0.15) is 0 Å². The lowest BCUT2D eigenvalue weighted by atomic mass is 9.84. The Kier molecular flexibility index (Phi) is 7.37. The number of carbonyl (C=O) groups excluding carboxylic acids is 2. The molecule has 3 aromatic rings. The van der Waals surface area contributed by atoms with E-state index >= 15 is 0 Å². The zero-order valence-electron chi connectivity index (χ0n) is 20.7. The van der Waals surface area contributed by atoms with Crippen molar-refractivity contribution in [2.45, 2.75) is 44.9 Å². The highest BCUT2D eigenvalue weighted by atomic mass is 32.1. The van der Waals surface area contributed by atoms with Gasteiger partial charge in [-0.25, -0.2) is 9.78 Å². The average molecular weight is 497 g/mol. The lowest BCUT2D eigenvalue weighted by Gasteiger charge is -2.40. The Labute approximate surface area is 211 Å². The molecule has 1 aliphatic heterocycles. The van der Waals surface area contributed by atoms with Crippen LogP contribution in [0.25, 0.3) is 11.0 Å². The summed E-state index contributed by atoms with van der Waals surface area (Å²) >= 11 is 3.92. The molecule has 2 aromatic carbocycles. The molecule has 9 heteroatoms. The number of nitrogens with zero attached hydrogens (tertiary/aromatic N) is 3. The van der Waals surface area contributed by atoms with E-state index in [1.807, 2.05) is 54.9 Å². The molecule has 1 amide bonds. The minimum absolute atomic E-state index is 0.165.